The Balaban J connectivity index is 1.76. The maximum Gasteiger partial charge on any atom is 0.174 e. The zero-order chi connectivity index (χ0) is 18.9. The lowest BCUT2D eigenvalue weighted by Gasteiger charge is -2.28. The number of para-hydroxylation sites is 2. The number of pyridine rings is 1. The Labute approximate surface area is 167 Å². The first-order valence-electron chi connectivity index (χ1n) is 9.61. The molecule has 2 aromatic rings. The van der Waals surface area contributed by atoms with Crippen molar-refractivity contribution in [3.63, 3.8) is 0 Å². The second-order valence-electron chi connectivity index (χ2n) is 6.68. The minimum absolute atomic E-state index is 0.623. The number of aromatic nitrogens is 1. The van der Waals surface area contributed by atoms with Crippen LogP contribution in [0.2, 0.25) is 0 Å². The number of hydrogen-bond donors (Lipinski definition) is 1. The Bertz CT molecular complexity index is 776. The predicted octanol–water partition coefficient (Wildman–Crippen LogP) is 5.18. The van der Waals surface area contributed by atoms with Crippen LogP contribution in [-0.2, 0) is 6.54 Å². The monoisotopic (exact) mass is 381 g/mol. The summed E-state index contributed by atoms with van der Waals surface area (Å²) < 4.78 is 5.72. The highest BCUT2D eigenvalue weighted by atomic mass is 32.1. The molecule has 1 aliphatic carbocycles. The lowest BCUT2D eigenvalue weighted by molar-refractivity contribution is 0.342. The first kappa shape index (κ1) is 19.4. The highest BCUT2D eigenvalue weighted by Crippen LogP contribution is 2.25. The summed E-state index contributed by atoms with van der Waals surface area (Å²) in [6, 6.07) is 12.0. The second kappa shape index (κ2) is 10.1. The smallest absolute Gasteiger partial charge is 0.174 e. The van der Waals surface area contributed by atoms with E-state index < -0.39 is 0 Å². The maximum absolute atomic E-state index is 5.78. The van der Waals surface area contributed by atoms with Crippen molar-refractivity contribution in [1.82, 2.24) is 9.88 Å². The van der Waals surface area contributed by atoms with Crippen LogP contribution in [0.25, 0.3) is 0 Å². The van der Waals surface area contributed by atoms with Crippen molar-refractivity contribution >= 4 is 23.0 Å². The van der Waals surface area contributed by atoms with Crippen molar-refractivity contribution in [2.45, 2.75) is 39.2 Å². The van der Waals surface area contributed by atoms with E-state index in [9.17, 15) is 0 Å². The summed E-state index contributed by atoms with van der Waals surface area (Å²) in [4.78, 5) is 6.46. The number of nitrogens with zero attached hydrogens (tertiary/aromatic N) is 2. The third-order valence-corrected chi connectivity index (χ3v) is 4.95. The Morgan fingerprint density at radius 2 is 2.07 bits per heavy atom. The summed E-state index contributed by atoms with van der Waals surface area (Å²) >= 11 is 5.78. The van der Waals surface area contributed by atoms with Gasteiger partial charge in [0.15, 0.2) is 5.11 Å². The Morgan fingerprint density at radius 3 is 2.81 bits per heavy atom. The van der Waals surface area contributed by atoms with Gasteiger partial charge in [0.2, 0.25) is 0 Å². The standard InChI is InChI=1S/C22H27N3OS/c1-2-26-21-13-7-6-12-20(21)24-22(27)25(16-18-9-4-3-5-10-18)17-19-11-8-14-23-15-19/h6-9,11-15H,2-5,10,16-17H2,1H3,(H,24,27). The van der Waals surface area contributed by atoms with E-state index in [0.717, 1.165) is 36.5 Å². The highest BCUT2D eigenvalue weighted by molar-refractivity contribution is 7.80. The topological polar surface area (TPSA) is 37.4 Å². The van der Waals surface area contributed by atoms with Gasteiger partial charge in [-0.3, -0.25) is 4.98 Å². The van der Waals surface area contributed by atoms with Gasteiger partial charge < -0.3 is 15.0 Å². The molecule has 0 saturated carbocycles. The molecule has 142 valence electrons. The van der Waals surface area contributed by atoms with Gasteiger partial charge in [-0.2, -0.15) is 0 Å². The van der Waals surface area contributed by atoms with Crippen LogP contribution in [-0.4, -0.2) is 28.1 Å². The second-order valence-corrected chi connectivity index (χ2v) is 7.07. The van der Waals surface area contributed by atoms with E-state index in [2.05, 4.69) is 27.3 Å². The van der Waals surface area contributed by atoms with Crippen LogP contribution in [0.4, 0.5) is 5.69 Å². The van der Waals surface area contributed by atoms with Gasteiger partial charge in [0, 0.05) is 25.5 Å². The molecule has 4 nitrogen and oxygen atoms in total. The average Bonchev–Trinajstić information content (AvgIpc) is 2.71. The maximum atomic E-state index is 5.78. The first-order chi connectivity index (χ1) is 13.3. The van der Waals surface area contributed by atoms with Gasteiger partial charge in [0.05, 0.1) is 12.3 Å². The van der Waals surface area contributed by atoms with Gasteiger partial charge in [-0.1, -0.05) is 29.8 Å². The van der Waals surface area contributed by atoms with Crippen molar-refractivity contribution < 1.29 is 4.74 Å². The molecule has 0 fully saturated rings. The van der Waals surface area contributed by atoms with Crippen molar-refractivity contribution in [1.29, 1.82) is 0 Å². The highest BCUT2D eigenvalue weighted by Gasteiger charge is 2.15. The van der Waals surface area contributed by atoms with Crippen molar-refractivity contribution in [2.24, 2.45) is 0 Å². The third-order valence-electron chi connectivity index (χ3n) is 4.59. The molecule has 1 N–H and O–H groups in total. The van der Waals surface area contributed by atoms with Gasteiger partial charge >= 0.3 is 0 Å². The van der Waals surface area contributed by atoms with Crippen LogP contribution in [0, 0.1) is 0 Å². The first-order valence-corrected chi connectivity index (χ1v) is 10.0. The van der Waals surface area contributed by atoms with E-state index in [4.69, 9.17) is 17.0 Å². The van der Waals surface area contributed by atoms with E-state index in [1.807, 2.05) is 43.5 Å². The predicted molar refractivity (Wildman–Crippen MR) is 115 cm³/mol. The quantitative estimate of drug-likeness (QED) is 0.528. The molecule has 1 aromatic heterocycles. The average molecular weight is 382 g/mol. The van der Waals surface area contributed by atoms with Crippen molar-refractivity contribution in [3.05, 3.63) is 66.0 Å². The van der Waals surface area contributed by atoms with Crippen LogP contribution in [0.15, 0.2) is 60.4 Å². The minimum Gasteiger partial charge on any atom is -0.492 e. The fourth-order valence-corrected chi connectivity index (χ4v) is 3.49. The van der Waals surface area contributed by atoms with Crippen LogP contribution in [0.5, 0.6) is 5.75 Å². The summed E-state index contributed by atoms with van der Waals surface area (Å²) in [5, 5.41) is 4.10. The summed E-state index contributed by atoms with van der Waals surface area (Å²) in [5.74, 6) is 0.820. The zero-order valence-electron chi connectivity index (χ0n) is 15.9. The third kappa shape index (κ3) is 5.79. The molecule has 1 aliphatic rings. The van der Waals surface area contributed by atoms with E-state index in [1.54, 1.807) is 6.20 Å². The molecule has 0 saturated heterocycles. The van der Waals surface area contributed by atoms with E-state index in [-0.39, 0.29) is 0 Å². The van der Waals surface area contributed by atoms with Crippen LogP contribution < -0.4 is 10.1 Å². The molecule has 0 unspecified atom stereocenters. The number of thiocarbonyl (C=S) groups is 1. The summed E-state index contributed by atoms with van der Waals surface area (Å²) in [6.07, 6.45) is 10.9. The van der Waals surface area contributed by atoms with E-state index in [0.29, 0.717) is 11.7 Å². The van der Waals surface area contributed by atoms with Gasteiger partial charge in [0.1, 0.15) is 5.75 Å². The normalized spacial score (nSPS) is 13.6. The van der Waals surface area contributed by atoms with Gasteiger partial charge in [-0.25, -0.2) is 0 Å². The number of hydrogen-bond acceptors (Lipinski definition) is 3. The van der Waals surface area contributed by atoms with Gasteiger partial charge in [-0.05, 0) is 68.6 Å². The molecule has 0 aliphatic heterocycles. The number of rotatable bonds is 7. The molecule has 3 rings (SSSR count). The molecule has 1 heterocycles. The van der Waals surface area contributed by atoms with Crippen molar-refractivity contribution in [2.75, 3.05) is 18.5 Å². The number of nitrogens with one attached hydrogen (secondary N) is 1. The molecule has 0 atom stereocenters. The molecule has 27 heavy (non-hydrogen) atoms. The molecule has 0 amide bonds. The Hall–Kier alpha value is -2.40. The lowest BCUT2D eigenvalue weighted by Crippen LogP contribution is -2.36. The Morgan fingerprint density at radius 1 is 1.19 bits per heavy atom. The van der Waals surface area contributed by atoms with Gasteiger partial charge in [-0.15, -0.1) is 0 Å². The Kier molecular flexibility index (Phi) is 7.22. The summed E-state index contributed by atoms with van der Waals surface area (Å²) in [6.45, 7) is 4.18. The van der Waals surface area contributed by atoms with Crippen LogP contribution in [0.1, 0.15) is 38.2 Å². The van der Waals surface area contributed by atoms with E-state index >= 15 is 0 Å². The van der Waals surface area contributed by atoms with Crippen LogP contribution in [0.3, 0.4) is 0 Å². The summed E-state index contributed by atoms with van der Waals surface area (Å²) in [7, 11) is 0. The van der Waals surface area contributed by atoms with Crippen molar-refractivity contribution in [3.8, 4) is 5.75 Å². The number of benzene rings is 1. The fraction of sp³-hybridized carbons (Fsp3) is 0.364. The SMILES string of the molecule is CCOc1ccccc1NC(=S)N(CC1=CCCCC1)Cc1cccnc1. The largest absolute Gasteiger partial charge is 0.492 e. The number of anilines is 1. The molecule has 0 radical (unpaired) electrons. The van der Waals surface area contributed by atoms with Gasteiger partial charge in [0.25, 0.3) is 0 Å². The molecule has 1 aromatic carbocycles. The van der Waals surface area contributed by atoms with Crippen LogP contribution >= 0.6 is 12.2 Å². The lowest BCUT2D eigenvalue weighted by atomic mass is 9.99. The fourth-order valence-electron chi connectivity index (χ4n) is 3.25. The summed E-state index contributed by atoms with van der Waals surface area (Å²) in [5.41, 5.74) is 3.52. The molecule has 0 spiro atoms. The number of allylic oxidation sites excluding steroid dienone is 1. The molecular formula is C22H27N3OS. The molecular weight excluding hydrogens is 354 g/mol. The molecule has 5 heteroatoms. The number of ether oxygens (including phenoxy) is 1. The molecule has 0 bridgehead atoms. The zero-order valence-corrected chi connectivity index (χ0v) is 16.7. The van der Waals surface area contributed by atoms with E-state index in [1.165, 1.54) is 24.8 Å². The minimum atomic E-state index is 0.623.